The summed E-state index contributed by atoms with van der Waals surface area (Å²) >= 11 is 3.30. The first-order valence-electron chi connectivity index (χ1n) is 8.35. The number of hydrogen-bond donors (Lipinski definition) is 1. The largest absolute Gasteiger partial charge is 0.271 e. The summed E-state index contributed by atoms with van der Waals surface area (Å²) < 4.78 is 26.0. The second-order valence-corrected chi connectivity index (χ2v) is 8.94. The molecule has 0 aliphatic carbocycles. The monoisotopic (exact) mass is 451 g/mol. The Balaban J connectivity index is 1.96. The molecule has 0 radical (unpaired) electrons. The Labute approximate surface area is 168 Å². The maximum atomic E-state index is 12.2. The zero-order valence-electron chi connectivity index (χ0n) is 15.2. The maximum Gasteiger partial charge on any atom is 0.260 e. The van der Waals surface area contributed by atoms with Crippen molar-refractivity contribution in [3.8, 4) is 0 Å². The average molecular weight is 452 g/mol. The van der Waals surface area contributed by atoms with Gasteiger partial charge in [-0.1, -0.05) is 46.3 Å². The third-order valence-electron chi connectivity index (χ3n) is 3.79. The summed E-state index contributed by atoms with van der Waals surface area (Å²) in [6, 6.07) is 16.7. The van der Waals surface area contributed by atoms with E-state index in [1.54, 1.807) is 24.3 Å². The van der Waals surface area contributed by atoms with Gasteiger partial charge in [-0.2, -0.15) is 5.10 Å². The van der Waals surface area contributed by atoms with E-state index in [4.69, 9.17) is 0 Å². The van der Waals surface area contributed by atoms with Crippen molar-refractivity contribution in [3.05, 3.63) is 64.6 Å². The van der Waals surface area contributed by atoms with Crippen molar-refractivity contribution in [1.82, 2.24) is 5.43 Å². The summed E-state index contributed by atoms with van der Waals surface area (Å²) in [5, 5.41) is 4.07. The quantitative estimate of drug-likeness (QED) is 0.493. The van der Waals surface area contributed by atoms with Crippen LogP contribution in [0.25, 0.3) is 0 Å². The van der Waals surface area contributed by atoms with Crippen LogP contribution in [0.2, 0.25) is 0 Å². The molecule has 27 heavy (non-hydrogen) atoms. The van der Waals surface area contributed by atoms with Crippen molar-refractivity contribution < 1.29 is 13.2 Å². The predicted octanol–water partition coefficient (Wildman–Crippen LogP) is 3.34. The predicted molar refractivity (Wildman–Crippen MR) is 112 cm³/mol. The molecular formula is C19H22BrN3O3S. The molecule has 0 fully saturated rings. The first kappa shape index (κ1) is 21.1. The van der Waals surface area contributed by atoms with E-state index in [-0.39, 0.29) is 6.54 Å². The van der Waals surface area contributed by atoms with Crippen molar-refractivity contribution in [3.63, 3.8) is 0 Å². The number of carbonyl (C=O) groups excluding carboxylic acids is 1. The van der Waals surface area contributed by atoms with Gasteiger partial charge >= 0.3 is 0 Å². The minimum absolute atomic E-state index is 0.337. The van der Waals surface area contributed by atoms with Gasteiger partial charge in [0.25, 0.3) is 5.91 Å². The number of rotatable bonds is 8. The molecule has 2 aromatic rings. The summed E-state index contributed by atoms with van der Waals surface area (Å²) in [6.45, 7) is 1.49. The molecule has 0 saturated heterocycles. The Morgan fingerprint density at radius 2 is 1.74 bits per heavy atom. The van der Waals surface area contributed by atoms with Crippen LogP contribution < -0.4 is 9.73 Å². The molecule has 0 saturated carbocycles. The van der Waals surface area contributed by atoms with Crippen molar-refractivity contribution in [2.45, 2.75) is 19.8 Å². The third-order valence-corrected chi connectivity index (χ3v) is 5.46. The van der Waals surface area contributed by atoms with E-state index in [9.17, 15) is 13.2 Å². The Bertz CT molecular complexity index is 898. The van der Waals surface area contributed by atoms with Gasteiger partial charge < -0.3 is 0 Å². The smallest absolute Gasteiger partial charge is 0.260 e. The number of nitrogens with one attached hydrogen (secondary N) is 1. The summed E-state index contributed by atoms with van der Waals surface area (Å²) in [6.07, 6.45) is 2.59. The highest BCUT2D eigenvalue weighted by Crippen LogP contribution is 2.20. The number of hydrogen-bond acceptors (Lipinski definition) is 4. The van der Waals surface area contributed by atoms with E-state index in [0.29, 0.717) is 12.1 Å². The normalized spacial score (nSPS) is 11.9. The van der Waals surface area contributed by atoms with Crippen LogP contribution in [-0.2, 0) is 21.2 Å². The van der Waals surface area contributed by atoms with Crippen LogP contribution in [0.4, 0.5) is 5.69 Å². The number of benzene rings is 2. The van der Waals surface area contributed by atoms with Crippen LogP contribution in [0, 0.1) is 0 Å². The highest BCUT2D eigenvalue weighted by molar-refractivity contribution is 9.10. The van der Waals surface area contributed by atoms with E-state index in [0.717, 1.165) is 27.2 Å². The van der Waals surface area contributed by atoms with Gasteiger partial charge in [0.2, 0.25) is 10.0 Å². The van der Waals surface area contributed by atoms with Crippen LogP contribution in [0.5, 0.6) is 0 Å². The first-order valence-corrected chi connectivity index (χ1v) is 11.0. The average Bonchev–Trinajstić information content (AvgIpc) is 2.63. The number of sulfonamides is 1. The van der Waals surface area contributed by atoms with Gasteiger partial charge in [0, 0.05) is 10.2 Å². The molecule has 144 valence electrons. The van der Waals surface area contributed by atoms with Gasteiger partial charge in [-0.05, 0) is 49.6 Å². The van der Waals surface area contributed by atoms with Gasteiger partial charge in [-0.25, -0.2) is 13.8 Å². The van der Waals surface area contributed by atoms with Gasteiger partial charge in [0.15, 0.2) is 0 Å². The lowest BCUT2D eigenvalue weighted by molar-refractivity contribution is -0.119. The summed E-state index contributed by atoms with van der Waals surface area (Å²) in [4.78, 5) is 12.2. The molecular weight excluding hydrogens is 430 g/mol. The molecule has 6 nitrogen and oxygen atoms in total. The first-order chi connectivity index (χ1) is 12.8. The standard InChI is InChI=1S/C19H22BrN3O3S/c1-15(8-9-16-6-4-3-5-7-16)21-22-19(24)14-23(27(2,25)26)18-12-10-17(20)11-13-18/h3-7,10-13H,8-9,14H2,1-2H3,(H,22,24)/b21-15-. The molecule has 0 unspecified atom stereocenters. The Kier molecular flexibility index (Phi) is 7.55. The van der Waals surface area contributed by atoms with Gasteiger partial charge in [0.1, 0.15) is 6.54 Å². The molecule has 0 aromatic heterocycles. The van der Waals surface area contributed by atoms with Crippen molar-refractivity contribution in [2.75, 3.05) is 17.1 Å². The molecule has 0 aliphatic heterocycles. The van der Waals surface area contributed by atoms with E-state index in [1.807, 2.05) is 37.3 Å². The van der Waals surface area contributed by atoms with Crippen LogP contribution in [-0.4, -0.2) is 32.8 Å². The molecule has 2 aromatic carbocycles. The zero-order valence-corrected chi connectivity index (χ0v) is 17.6. The number of nitrogens with zero attached hydrogens (tertiary/aromatic N) is 2. The van der Waals surface area contributed by atoms with E-state index in [2.05, 4.69) is 26.5 Å². The number of aryl methyl sites for hydroxylation is 1. The summed E-state index contributed by atoms with van der Waals surface area (Å²) in [7, 11) is -3.60. The van der Waals surface area contributed by atoms with E-state index in [1.165, 1.54) is 5.56 Å². The Morgan fingerprint density at radius 3 is 2.33 bits per heavy atom. The minimum Gasteiger partial charge on any atom is -0.271 e. The highest BCUT2D eigenvalue weighted by atomic mass is 79.9. The molecule has 8 heteroatoms. The Morgan fingerprint density at radius 1 is 1.11 bits per heavy atom. The van der Waals surface area contributed by atoms with Crippen LogP contribution in [0.1, 0.15) is 18.9 Å². The lowest BCUT2D eigenvalue weighted by atomic mass is 10.1. The molecule has 1 amide bonds. The van der Waals surface area contributed by atoms with E-state index < -0.39 is 15.9 Å². The summed E-state index contributed by atoms with van der Waals surface area (Å²) in [5.74, 6) is -0.498. The second-order valence-electron chi connectivity index (χ2n) is 6.11. The number of hydrazone groups is 1. The van der Waals surface area contributed by atoms with Gasteiger partial charge in [-0.15, -0.1) is 0 Å². The van der Waals surface area contributed by atoms with Crippen molar-refractivity contribution in [1.29, 1.82) is 0 Å². The minimum atomic E-state index is -3.60. The Hall–Kier alpha value is -2.19. The van der Waals surface area contributed by atoms with Crippen LogP contribution in [0.15, 0.2) is 64.2 Å². The fourth-order valence-corrected chi connectivity index (χ4v) is 3.48. The zero-order chi connectivity index (χ0) is 19.9. The van der Waals surface area contributed by atoms with Gasteiger partial charge in [0.05, 0.1) is 11.9 Å². The number of halogens is 1. The molecule has 0 aliphatic rings. The SMILES string of the molecule is C/C(CCc1ccccc1)=N/NC(=O)CN(c1ccc(Br)cc1)S(C)(=O)=O. The molecule has 1 N–H and O–H groups in total. The summed E-state index contributed by atoms with van der Waals surface area (Å²) in [5.41, 5.74) is 4.81. The molecule has 0 spiro atoms. The molecule has 0 atom stereocenters. The second kappa shape index (κ2) is 9.66. The third kappa shape index (κ3) is 7.15. The number of amides is 1. The maximum absolute atomic E-state index is 12.2. The van der Waals surface area contributed by atoms with Gasteiger partial charge in [-0.3, -0.25) is 9.10 Å². The van der Waals surface area contributed by atoms with Crippen molar-refractivity contribution in [2.24, 2.45) is 5.10 Å². The lowest BCUT2D eigenvalue weighted by Crippen LogP contribution is -2.39. The van der Waals surface area contributed by atoms with Crippen LogP contribution >= 0.6 is 15.9 Å². The lowest BCUT2D eigenvalue weighted by Gasteiger charge is -2.21. The molecule has 2 rings (SSSR count). The number of carbonyl (C=O) groups is 1. The van der Waals surface area contributed by atoms with Crippen molar-refractivity contribution >= 4 is 43.3 Å². The van der Waals surface area contributed by atoms with Crippen LogP contribution in [0.3, 0.4) is 0 Å². The fraction of sp³-hybridized carbons (Fsp3) is 0.263. The highest BCUT2D eigenvalue weighted by Gasteiger charge is 2.20. The molecule has 0 heterocycles. The number of anilines is 1. The topological polar surface area (TPSA) is 78.8 Å². The fourth-order valence-electron chi connectivity index (χ4n) is 2.36. The molecule has 0 bridgehead atoms. The van der Waals surface area contributed by atoms with E-state index >= 15 is 0 Å².